The quantitative estimate of drug-likeness (QED) is 0.299. The van der Waals surface area contributed by atoms with E-state index < -0.39 is 5.54 Å². The Hall–Kier alpha value is -1.26. The van der Waals surface area contributed by atoms with Gasteiger partial charge in [0.15, 0.2) is 5.84 Å². The van der Waals surface area contributed by atoms with E-state index >= 15 is 0 Å². The van der Waals surface area contributed by atoms with Crippen LogP contribution in [-0.4, -0.2) is 22.5 Å². The maximum Gasteiger partial charge on any atom is 0.220 e. The second-order valence-corrected chi connectivity index (χ2v) is 5.76. The van der Waals surface area contributed by atoms with Gasteiger partial charge in [0.05, 0.1) is 5.54 Å². The number of hydrogen-bond acceptors (Lipinski definition) is 3. The second kappa shape index (κ2) is 7.36. The normalized spacial score (nSPS) is 20.8. The largest absolute Gasteiger partial charge is 0.409 e. The summed E-state index contributed by atoms with van der Waals surface area (Å²) in [7, 11) is 0. The highest BCUT2D eigenvalue weighted by Gasteiger charge is 2.29. The first kappa shape index (κ1) is 15.8. The van der Waals surface area contributed by atoms with Crippen LogP contribution in [0.5, 0.6) is 0 Å². The Labute approximate surface area is 115 Å². The molecule has 0 aromatic carbocycles. The fraction of sp³-hybridized carbons (Fsp3) is 0.857. The van der Waals surface area contributed by atoms with E-state index in [0.29, 0.717) is 18.8 Å². The minimum atomic E-state index is -0.752. The van der Waals surface area contributed by atoms with Crippen molar-refractivity contribution in [1.82, 2.24) is 5.32 Å². The topological polar surface area (TPSA) is 87.7 Å². The van der Waals surface area contributed by atoms with E-state index in [1.54, 1.807) is 6.92 Å². The fourth-order valence-corrected chi connectivity index (χ4v) is 2.63. The van der Waals surface area contributed by atoms with Crippen molar-refractivity contribution < 1.29 is 10.0 Å². The Morgan fingerprint density at radius 3 is 2.58 bits per heavy atom. The van der Waals surface area contributed by atoms with E-state index in [9.17, 15) is 4.79 Å². The number of nitrogens with two attached hydrogens (primary N) is 1. The number of nitrogens with one attached hydrogen (secondary N) is 1. The summed E-state index contributed by atoms with van der Waals surface area (Å²) in [5, 5.41) is 14.7. The van der Waals surface area contributed by atoms with Gasteiger partial charge in [0, 0.05) is 6.42 Å². The van der Waals surface area contributed by atoms with Crippen LogP contribution in [0, 0.1) is 5.92 Å². The zero-order valence-corrected chi connectivity index (χ0v) is 12.1. The lowest BCUT2D eigenvalue weighted by Gasteiger charge is -2.28. The third-order valence-electron chi connectivity index (χ3n) is 4.30. The molecule has 1 unspecified atom stereocenters. The van der Waals surface area contributed by atoms with Crippen molar-refractivity contribution in [2.24, 2.45) is 16.8 Å². The van der Waals surface area contributed by atoms with Crippen LogP contribution in [0.1, 0.15) is 65.2 Å². The van der Waals surface area contributed by atoms with Gasteiger partial charge in [-0.05, 0) is 25.7 Å². The van der Waals surface area contributed by atoms with Crippen molar-refractivity contribution in [1.29, 1.82) is 0 Å². The number of amides is 1. The van der Waals surface area contributed by atoms with Crippen molar-refractivity contribution in [2.75, 3.05) is 0 Å². The van der Waals surface area contributed by atoms with Crippen LogP contribution in [0.25, 0.3) is 0 Å². The molecule has 0 aliphatic heterocycles. The standard InChI is InChI=1S/C14H27N3O2/c1-3-14(2,13(15)17-19)16-12(18)10-9-11-7-5-4-6-8-11/h11,19H,3-10H2,1-2H3,(H2,15,17)(H,16,18). The third-order valence-corrected chi connectivity index (χ3v) is 4.30. The highest BCUT2D eigenvalue weighted by atomic mass is 16.4. The molecule has 110 valence electrons. The minimum absolute atomic E-state index is 0.0125. The van der Waals surface area contributed by atoms with Crippen molar-refractivity contribution >= 4 is 11.7 Å². The zero-order chi connectivity index (χ0) is 14.3. The SMILES string of the molecule is CCC(C)(NC(=O)CCC1CCCCC1)/C(N)=N/O. The fourth-order valence-electron chi connectivity index (χ4n) is 2.63. The van der Waals surface area contributed by atoms with Gasteiger partial charge in [-0.2, -0.15) is 0 Å². The van der Waals surface area contributed by atoms with Gasteiger partial charge in [-0.15, -0.1) is 0 Å². The molecule has 0 radical (unpaired) electrons. The second-order valence-electron chi connectivity index (χ2n) is 5.76. The Balaban J connectivity index is 2.40. The molecule has 19 heavy (non-hydrogen) atoms. The van der Waals surface area contributed by atoms with Crippen molar-refractivity contribution in [3.8, 4) is 0 Å². The van der Waals surface area contributed by atoms with Crippen LogP contribution in [0.3, 0.4) is 0 Å². The molecule has 5 nitrogen and oxygen atoms in total. The van der Waals surface area contributed by atoms with Gasteiger partial charge in [-0.3, -0.25) is 4.79 Å². The van der Waals surface area contributed by atoms with Crippen molar-refractivity contribution in [3.05, 3.63) is 0 Å². The average Bonchev–Trinajstić information content (AvgIpc) is 2.45. The molecular formula is C14H27N3O2. The Kier molecular flexibility index (Phi) is 6.12. The predicted octanol–water partition coefficient (Wildman–Crippen LogP) is 2.38. The molecule has 1 aliphatic rings. The summed E-state index contributed by atoms with van der Waals surface area (Å²) in [5.74, 6) is 0.735. The lowest BCUT2D eigenvalue weighted by Crippen LogP contribution is -2.55. The van der Waals surface area contributed by atoms with E-state index in [-0.39, 0.29) is 11.7 Å². The Bertz CT molecular complexity index is 325. The molecule has 0 saturated heterocycles. The summed E-state index contributed by atoms with van der Waals surface area (Å²) in [6.45, 7) is 3.68. The summed E-state index contributed by atoms with van der Waals surface area (Å²) in [5.41, 5.74) is 4.88. The smallest absolute Gasteiger partial charge is 0.220 e. The van der Waals surface area contributed by atoms with Crippen LogP contribution in [0.15, 0.2) is 5.16 Å². The molecule has 1 aliphatic carbocycles. The molecule has 1 saturated carbocycles. The monoisotopic (exact) mass is 269 g/mol. The van der Waals surface area contributed by atoms with Gasteiger partial charge in [0.2, 0.25) is 5.91 Å². The average molecular weight is 269 g/mol. The highest BCUT2D eigenvalue weighted by Crippen LogP contribution is 2.27. The van der Waals surface area contributed by atoms with E-state index in [1.165, 1.54) is 32.1 Å². The minimum Gasteiger partial charge on any atom is -0.409 e. The van der Waals surface area contributed by atoms with E-state index in [1.807, 2.05) is 6.92 Å². The van der Waals surface area contributed by atoms with Crippen LogP contribution in [-0.2, 0) is 4.79 Å². The number of hydrogen-bond donors (Lipinski definition) is 3. The van der Waals surface area contributed by atoms with Crippen LogP contribution < -0.4 is 11.1 Å². The maximum absolute atomic E-state index is 12.0. The van der Waals surface area contributed by atoms with E-state index in [2.05, 4.69) is 10.5 Å². The van der Waals surface area contributed by atoms with Gasteiger partial charge in [0.25, 0.3) is 0 Å². The highest BCUT2D eigenvalue weighted by molar-refractivity contribution is 5.93. The van der Waals surface area contributed by atoms with Crippen LogP contribution >= 0.6 is 0 Å². The first-order valence-electron chi connectivity index (χ1n) is 7.31. The number of oxime groups is 1. The first-order chi connectivity index (χ1) is 9.01. The number of carbonyl (C=O) groups excluding carboxylic acids is 1. The lowest BCUT2D eigenvalue weighted by molar-refractivity contribution is -0.122. The molecule has 1 rings (SSSR count). The third kappa shape index (κ3) is 4.73. The summed E-state index contributed by atoms with van der Waals surface area (Å²) in [6, 6.07) is 0. The van der Waals surface area contributed by atoms with Crippen LogP contribution in [0.2, 0.25) is 0 Å². The summed E-state index contributed by atoms with van der Waals surface area (Å²) in [4.78, 5) is 12.0. The number of nitrogens with zero attached hydrogens (tertiary/aromatic N) is 1. The van der Waals surface area contributed by atoms with Gasteiger partial charge in [-0.25, -0.2) is 0 Å². The molecule has 0 bridgehead atoms. The molecule has 0 spiro atoms. The first-order valence-corrected chi connectivity index (χ1v) is 7.31. The lowest BCUT2D eigenvalue weighted by atomic mass is 9.86. The van der Waals surface area contributed by atoms with Crippen molar-refractivity contribution in [3.63, 3.8) is 0 Å². The molecule has 0 aromatic rings. The molecule has 4 N–H and O–H groups in total. The van der Waals surface area contributed by atoms with Gasteiger partial charge >= 0.3 is 0 Å². The molecule has 0 aromatic heterocycles. The van der Waals surface area contributed by atoms with Crippen LogP contribution in [0.4, 0.5) is 0 Å². The van der Waals surface area contributed by atoms with E-state index in [0.717, 1.165) is 6.42 Å². The molecule has 1 amide bonds. The Morgan fingerprint density at radius 1 is 1.42 bits per heavy atom. The van der Waals surface area contributed by atoms with Gasteiger partial charge in [-0.1, -0.05) is 44.2 Å². The zero-order valence-electron chi connectivity index (χ0n) is 12.1. The molecular weight excluding hydrogens is 242 g/mol. The molecule has 0 heterocycles. The maximum atomic E-state index is 12.0. The van der Waals surface area contributed by atoms with Gasteiger partial charge < -0.3 is 16.3 Å². The predicted molar refractivity (Wildman–Crippen MR) is 76.1 cm³/mol. The Morgan fingerprint density at radius 2 is 2.05 bits per heavy atom. The number of rotatable bonds is 6. The van der Waals surface area contributed by atoms with Gasteiger partial charge in [0.1, 0.15) is 0 Å². The molecule has 1 fully saturated rings. The molecule has 5 heteroatoms. The summed E-state index contributed by atoms with van der Waals surface area (Å²) in [6.07, 6.45) is 8.49. The number of amidine groups is 1. The number of carbonyl (C=O) groups is 1. The summed E-state index contributed by atoms with van der Waals surface area (Å²) >= 11 is 0. The van der Waals surface area contributed by atoms with E-state index in [4.69, 9.17) is 10.9 Å². The summed E-state index contributed by atoms with van der Waals surface area (Å²) < 4.78 is 0. The molecule has 1 atom stereocenters. The van der Waals surface area contributed by atoms with Crippen molar-refractivity contribution in [2.45, 2.75) is 70.8 Å².